The third kappa shape index (κ3) is 2.22. The molecule has 82 valence electrons. The van der Waals surface area contributed by atoms with Crippen molar-refractivity contribution in [2.45, 2.75) is 12.0 Å². The van der Waals surface area contributed by atoms with Crippen LogP contribution in [0.5, 0.6) is 0 Å². The summed E-state index contributed by atoms with van der Waals surface area (Å²) < 4.78 is 19.0. The Kier molecular flexibility index (Phi) is 3.09. The van der Waals surface area contributed by atoms with E-state index in [1.165, 1.54) is 6.07 Å². The Bertz CT molecular complexity index is 360. The van der Waals surface area contributed by atoms with E-state index < -0.39 is 0 Å². The van der Waals surface area contributed by atoms with E-state index in [2.05, 4.69) is 21.2 Å². The van der Waals surface area contributed by atoms with Gasteiger partial charge in [0.25, 0.3) is 0 Å². The molecule has 2 nitrogen and oxygen atoms in total. The predicted molar refractivity (Wildman–Crippen MR) is 60.4 cm³/mol. The van der Waals surface area contributed by atoms with Gasteiger partial charge in [-0.3, -0.25) is 0 Å². The standard InChI is InChI=1S/C11H13BrFNO/c1-15-11(6-14-7-11)5-8-2-3-10(13)9(12)4-8/h2-4,14H,5-7H2,1H3. The summed E-state index contributed by atoms with van der Waals surface area (Å²) in [4.78, 5) is 0. The van der Waals surface area contributed by atoms with E-state index >= 15 is 0 Å². The van der Waals surface area contributed by atoms with E-state index in [-0.39, 0.29) is 11.4 Å². The normalized spacial score (nSPS) is 18.6. The Hall–Kier alpha value is -0.450. The van der Waals surface area contributed by atoms with Crippen molar-refractivity contribution in [1.82, 2.24) is 5.32 Å². The van der Waals surface area contributed by atoms with Gasteiger partial charge in [0.15, 0.2) is 0 Å². The molecule has 1 N–H and O–H groups in total. The zero-order valence-electron chi connectivity index (χ0n) is 8.52. The van der Waals surface area contributed by atoms with Crippen molar-refractivity contribution in [1.29, 1.82) is 0 Å². The highest BCUT2D eigenvalue weighted by Gasteiger charge is 2.36. The van der Waals surface area contributed by atoms with E-state index in [1.807, 2.05) is 6.07 Å². The lowest BCUT2D eigenvalue weighted by molar-refractivity contribution is -0.0502. The van der Waals surface area contributed by atoms with Crippen LogP contribution in [0.4, 0.5) is 4.39 Å². The van der Waals surface area contributed by atoms with Crippen molar-refractivity contribution >= 4 is 15.9 Å². The summed E-state index contributed by atoms with van der Waals surface area (Å²) >= 11 is 3.18. The Morgan fingerprint density at radius 2 is 2.27 bits per heavy atom. The van der Waals surface area contributed by atoms with Gasteiger partial charge >= 0.3 is 0 Å². The van der Waals surface area contributed by atoms with Crippen molar-refractivity contribution in [2.75, 3.05) is 20.2 Å². The number of hydrogen-bond donors (Lipinski definition) is 1. The quantitative estimate of drug-likeness (QED) is 0.911. The summed E-state index contributed by atoms with van der Waals surface area (Å²) in [5, 5.41) is 3.19. The van der Waals surface area contributed by atoms with Crippen LogP contribution < -0.4 is 5.32 Å². The smallest absolute Gasteiger partial charge is 0.137 e. The van der Waals surface area contributed by atoms with Crippen LogP contribution in [0.25, 0.3) is 0 Å². The SMILES string of the molecule is COC1(Cc2ccc(F)c(Br)c2)CNC1. The van der Waals surface area contributed by atoms with Crippen LogP contribution >= 0.6 is 15.9 Å². The molecule has 4 heteroatoms. The molecule has 1 fully saturated rings. The van der Waals surface area contributed by atoms with Gasteiger partial charge in [0.1, 0.15) is 5.82 Å². The minimum absolute atomic E-state index is 0.0999. The van der Waals surface area contributed by atoms with E-state index in [9.17, 15) is 4.39 Å². The lowest BCUT2D eigenvalue weighted by atomic mass is 9.89. The van der Waals surface area contributed by atoms with Gasteiger partial charge in [0.05, 0.1) is 10.1 Å². The number of ether oxygens (including phenoxy) is 1. The summed E-state index contributed by atoms with van der Waals surface area (Å²) in [6, 6.07) is 5.10. The minimum Gasteiger partial charge on any atom is -0.375 e. The molecular weight excluding hydrogens is 261 g/mol. The second kappa shape index (κ2) is 4.20. The third-order valence-electron chi connectivity index (χ3n) is 2.84. The van der Waals surface area contributed by atoms with Crippen LogP contribution in [0.3, 0.4) is 0 Å². The zero-order chi connectivity index (χ0) is 10.9. The van der Waals surface area contributed by atoms with Gasteiger partial charge in [-0.25, -0.2) is 4.39 Å². The van der Waals surface area contributed by atoms with Crippen LogP contribution in [0.2, 0.25) is 0 Å². The fourth-order valence-corrected chi connectivity index (χ4v) is 2.19. The number of nitrogens with one attached hydrogen (secondary N) is 1. The van der Waals surface area contributed by atoms with Gasteiger partial charge in [-0.15, -0.1) is 0 Å². The van der Waals surface area contributed by atoms with E-state index in [1.54, 1.807) is 13.2 Å². The summed E-state index contributed by atoms with van der Waals surface area (Å²) in [5.74, 6) is -0.225. The molecule has 1 aliphatic heterocycles. The number of rotatable bonds is 3. The molecule has 0 aliphatic carbocycles. The molecule has 2 rings (SSSR count). The number of halogens is 2. The maximum Gasteiger partial charge on any atom is 0.137 e. The lowest BCUT2D eigenvalue weighted by Crippen LogP contribution is -2.61. The highest BCUT2D eigenvalue weighted by molar-refractivity contribution is 9.10. The number of hydrogen-bond acceptors (Lipinski definition) is 2. The van der Waals surface area contributed by atoms with E-state index in [0.717, 1.165) is 25.1 Å². The second-order valence-corrected chi connectivity index (χ2v) is 4.77. The molecule has 1 saturated heterocycles. The van der Waals surface area contributed by atoms with Crippen molar-refractivity contribution in [2.24, 2.45) is 0 Å². The maximum atomic E-state index is 13.0. The Labute approximate surface area is 96.9 Å². The van der Waals surface area contributed by atoms with Crippen LogP contribution in [0.1, 0.15) is 5.56 Å². The molecule has 0 unspecified atom stereocenters. The summed E-state index contributed by atoms with van der Waals surface area (Å²) in [6.45, 7) is 1.72. The third-order valence-corrected chi connectivity index (χ3v) is 3.45. The van der Waals surface area contributed by atoms with Gasteiger partial charge in [-0.1, -0.05) is 6.07 Å². The fraction of sp³-hybridized carbons (Fsp3) is 0.455. The molecule has 0 saturated carbocycles. The summed E-state index contributed by atoms with van der Waals surface area (Å²) in [7, 11) is 1.72. The molecule has 1 aliphatic rings. The van der Waals surface area contributed by atoms with Gasteiger partial charge in [0.2, 0.25) is 0 Å². The molecule has 15 heavy (non-hydrogen) atoms. The first-order valence-corrected chi connectivity index (χ1v) is 5.64. The van der Waals surface area contributed by atoms with Crippen molar-refractivity contribution in [3.8, 4) is 0 Å². The van der Waals surface area contributed by atoms with E-state index in [4.69, 9.17) is 4.74 Å². The predicted octanol–water partition coefficient (Wildman–Crippen LogP) is 2.12. The molecule has 1 aromatic rings. The van der Waals surface area contributed by atoms with Crippen LogP contribution in [-0.4, -0.2) is 25.8 Å². The van der Waals surface area contributed by atoms with Crippen LogP contribution in [-0.2, 0) is 11.2 Å². The Morgan fingerprint density at radius 1 is 1.53 bits per heavy atom. The van der Waals surface area contributed by atoms with Crippen molar-refractivity contribution in [3.63, 3.8) is 0 Å². The molecule has 1 heterocycles. The largest absolute Gasteiger partial charge is 0.375 e. The van der Waals surface area contributed by atoms with Crippen LogP contribution in [0, 0.1) is 5.82 Å². The van der Waals surface area contributed by atoms with E-state index in [0.29, 0.717) is 4.47 Å². The van der Waals surface area contributed by atoms with Crippen LogP contribution in [0.15, 0.2) is 22.7 Å². The molecule has 1 aromatic carbocycles. The second-order valence-electron chi connectivity index (χ2n) is 3.92. The first kappa shape index (κ1) is 11.0. The molecular formula is C11H13BrFNO. The van der Waals surface area contributed by atoms with Gasteiger partial charge in [-0.2, -0.15) is 0 Å². The van der Waals surface area contributed by atoms with Gasteiger partial charge < -0.3 is 10.1 Å². The molecule has 0 spiro atoms. The average molecular weight is 274 g/mol. The Morgan fingerprint density at radius 3 is 2.73 bits per heavy atom. The Balaban J connectivity index is 2.13. The highest BCUT2D eigenvalue weighted by Crippen LogP contribution is 2.24. The fourth-order valence-electron chi connectivity index (χ4n) is 1.77. The summed E-state index contributed by atoms with van der Waals surface area (Å²) in [5.41, 5.74) is 0.990. The summed E-state index contributed by atoms with van der Waals surface area (Å²) in [6.07, 6.45) is 0.815. The molecule has 0 bridgehead atoms. The number of methoxy groups -OCH3 is 1. The monoisotopic (exact) mass is 273 g/mol. The number of benzene rings is 1. The van der Waals surface area contributed by atoms with Crippen molar-refractivity contribution in [3.05, 3.63) is 34.1 Å². The minimum atomic E-state index is -0.225. The lowest BCUT2D eigenvalue weighted by Gasteiger charge is -2.41. The first-order chi connectivity index (χ1) is 7.15. The average Bonchev–Trinajstić information content (AvgIpc) is 2.17. The van der Waals surface area contributed by atoms with Crippen molar-refractivity contribution < 1.29 is 9.13 Å². The topological polar surface area (TPSA) is 21.3 Å². The molecule has 0 atom stereocenters. The molecule has 0 radical (unpaired) electrons. The maximum absolute atomic E-state index is 13.0. The molecule has 0 amide bonds. The first-order valence-electron chi connectivity index (χ1n) is 4.85. The zero-order valence-corrected chi connectivity index (χ0v) is 10.1. The van der Waals surface area contributed by atoms with Gasteiger partial charge in [0, 0.05) is 26.6 Å². The molecule has 0 aromatic heterocycles. The van der Waals surface area contributed by atoms with Gasteiger partial charge in [-0.05, 0) is 33.6 Å². The highest BCUT2D eigenvalue weighted by atomic mass is 79.9.